The topological polar surface area (TPSA) is 273 Å². The average molecular weight is 883 g/mol. The molecule has 0 amide bonds. The summed E-state index contributed by atoms with van der Waals surface area (Å²) in [6.07, 6.45) is 5.88. The second kappa shape index (κ2) is 15.7. The number of carboxylic acids is 1. The van der Waals surface area contributed by atoms with Gasteiger partial charge >= 0.3 is 5.97 Å². The van der Waals surface area contributed by atoms with Crippen molar-refractivity contribution in [2.24, 2.45) is 0 Å². The molecule has 22 heteroatoms. The van der Waals surface area contributed by atoms with Crippen LogP contribution >= 0.6 is 0 Å². The number of aliphatic carboxylic acids is 1. The third kappa shape index (κ3) is 9.62. The highest BCUT2D eigenvalue weighted by atomic mass is 32.2. The van der Waals surface area contributed by atoms with Gasteiger partial charge in [0.25, 0.3) is 40.5 Å². The van der Waals surface area contributed by atoms with E-state index in [4.69, 9.17) is 0 Å². The lowest BCUT2D eigenvalue weighted by atomic mass is 9.99. The summed E-state index contributed by atoms with van der Waals surface area (Å²) >= 11 is 0. The summed E-state index contributed by atoms with van der Waals surface area (Å²) < 4.78 is 136. The van der Waals surface area contributed by atoms with Crippen molar-refractivity contribution in [3.8, 4) is 0 Å². The van der Waals surface area contributed by atoms with E-state index < -0.39 is 74.1 Å². The molecule has 0 fully saturated rings. The molecule has 3 aromatic carbocycles. The first-order chi connectivity index (χ1) is 26.2. The van der Waals surface area contributed by atoms with E-state index in [1.807, 2.05) is 24.3 Å². The van der Waals surface area contributed by atoms with Crippen LogP contribution in [-0.2, 0) is 58.4 Å². The van der Waals surface area contributed by atoms with Crippen molar-refractivity contribution >= 4 is 76.8 Å². The first kappa shape index (κ1) is 43.6. The summed E-state index contributed by atoms with van der Waals surface area (Å²) in [5.74, 6) is -0.949. The third-order valence-corrected chi connectivity index (χ3v) is 16.8. The molecule has 0 saturated carbocycles. The second-order valence-electron chi connectivity index (χ2n) is 14.0. The van der Waals surface area contributed by atoms with Crippen molar-refractivity contribution in [2.45, 2.75) is 58.6 Å². The maximum absolute atomic E-state index is 12.3. The van der Waals surface area contributed by atoms with Crippen molar-refractivity contribution in [2.75, 3.05) is 25.5 Å². The molecule has 5 rings (SSSR count). The number of hydrogen-bond acceptors (Lipinski definition) is 11. The molecule has 3 aromatic rings. The lowest BCUT2D eigenvalue weighted by Crippen LogP contribution is -2.51. The van der Waals surface area contributed by atoms with E-state index in [-0.39, 0.29) is 30.6 Å². The predicted octanol–water partition coefficient (Wildman–Crippen LogP) is 2.72. The number of nitrogens with zero attached hydrogens (tertiary/aromatic N) is 2. The average Bonchev–Trinajstić information content (AvgIpc) is 3.09. The van der Waals surface area contributed by atoms with E-state index in [0.29, 0.717) is 36.5 Å². The van der Waals surface area contributed by atoms with Gasteiger partial charge in [-0.2, -0.15) is 33.7 Å². The van der Waals surface area contributed by atoms with Crippen LogP contribution in [0.4, 0.5) is 5.69 Å². The van der Waals surface area contributed by atoms with Gasteiger partial charge in [0.15, 0.2) is 12.3 Å². The summed E-state index contributed by atoms with van der Waals surface area (Å²) in [6.45, 7) is 4.33. The molecular formula is C35H40N3O14S4Si+. The lowest BCUT2D eigenvalue weighted by molar-refractivity contribution is -0.512. The summed E-state index contributed by atoms with van der Waals surface area (Å²) in [6, 6.07) is 11.4. The molecule has 57 heavy (non-hydrogen) atoms. The monoisotopic (exact) mass is 882 g/mol. The lowest BCUT2D eigenvalue weighted by Gasteiger charge is -2.38. The van der Waals surface area contributed by atoms with Crippen molar-refractivity contribution in [1.29, 1.82) is 0 Å². The van der Waals surface area contributed by atoms with E-state index in [1.165, 1.54) is 12.1 Å². The normalized spacial score (nSPS) is 16.4. The van der Waals surface area contributed by atoms with Crippen LogP contribution in [0.1, 0.15) is 29.5 Å². The molecule has 1 aliphatic heterocycles. The molecular weight excluding hydrogens is 843 g/mol. The van der Waals surface area contributed by atoms with Gasteiger partial charge in [-0.1, -0.05) is 25.2 Å². The molecule has 17 nitrogen and oxygen atoms in total. The minimum atomic E-state index is -4.91. The van der Waals surface area contributed by atoms with E-state index in [2.05, 4.69) is 18.4 Å². The number of anilines is 1. The highest BCUT2D eigenvalue weighted by Gasteiger charge is 2.40. The highest BCUT2D eigenvalue weighted by Crippen LogP contribution is 2.38. The van der Waals surface area contributed by atoms with Crippen LogP contribution in [0.25, 0.3) is 5.70 Å². The molecule has 0 aromatic heterocycles. The van der Waals surface area contributed by atoms with Crippen molar-refractivity contribution < 1.29 is 66.4 Å². The molecule has 0 radical (unpaired) electrons. The summed E-state index contributed by atoms with van der Waals surface area (Å²) in [5, 5.41) is 14.5. The molecule has 0 bridgehead atoms. The van der Waals surface area contributed by atoms with Crippen molar-refractivity contribution in [3.63, 3.8) is 0 Å². The van der Waals surface area contributed by atoms with Gasteiger partial charge in [0.2, 0.25) is 0 Å². The fourth-order valence-electron chi connectivity index (χ4n) is 6.77. The van der Waals surface area contributed by atoms with Crippen LogP contribution < -0.4 is 15.4 Å². The Bertz CT molecular complexity index is 2780. The predicted molar refractivity (Wildman–Crippen MR) is 212 cm³/mol. The quantitative estimate of drug-likeness (QED) is 0.0588. The zero-order chi connectivity index (χ0) is 42.5. The Labute approximate surface area is 331 Å². The number of allylic oxidation sites excluding steroid dienone is 5. The number of hydrogen-bond donors (Lipinski definition) is 6. The Morgan fingerprint density at radius 3 is 1.88 bits per heavy atom. The molecule has 306 valence electrons. The first-order valence-corrected chi connectivity index (χ1v) is 25.7. The molecule has 1 heterocycles. The molecule has 2 aliphatic rings. The number of nitrogens with one attached hydrogen (secondary N) is 1. The van der Waals surface area contributed by atoms with E-state index in [9.17, 15) is 61.8 Å². The largest absolute Gasteiger partial charge is 0.481 e. The van der Waals surface area contributed by atoms with Gasteiger partial charge in [-0.3, -0.25) is 23.0 Å². The van der Waals surface area contributed by atoms with Crippen molar-refractivity contribution in [3.05, 3.63) is 100 Å². The number of carboxylic acid groups (broad SMARTS) is 1. The van der Waals surface area contributed by atoms with Gasteiger partial charge in [0.05, 0.1) is 9.79 Å². The van der Waals surface area contributed by atoms with E-state index >= 15 is 0 Å². The molecule has 1 aliphatic carbocycles. The van der Waals surface area contributed by atoms with Gasteiger partial charge in [-0.05, 0) is 82.0 Å². The molecule has 0 atom stereocenters. The number of carbonyl (C=O) groups is 1. The van der Waals surface area contributed by atoms with E-state index in [0.717, 1.165) is 39.3 Å². The third-order valence-electron chi connectivity index (χ3n) is 9.69. The summed E-state index contributed by atoms with van der Waals surface area (Å²) in [7, 11) is -18.7. The maximum Gasteiger partial charge on any atom is 0.303 e. The smallest absolute Gasteiger partial charge is 0.303 e. The van der Waals surface area contributed by atoms with E-state index in [1.54, 1.807) is 35.7 Å². The second-order valence-corrected chi connectivity index (χ2v) is 24.0. The van der Waals surface area contributed by atoms with Crippen LogP contribution in [-0.4, -0.2) is 102 Å². The minimum absolute atomic E-state index is 0.0526. The van der Waals surface area contributed by atoms with Gasteiger partial charge in [-0.25, -0.2) is 4.58 Å². The minimum Gasteiger partial charge on any atom is -0.481 e. The maximum atomic E-state index is 12.3. The Hall–Kier alpha value is -4.52. The summed E-state index contributed by atoms with van der Waals surface area (Å²) in [4.78, 5) is 10.2. The van der Waals surface area contributed by atoms with Gasteiger partial charge in [0, 0.05) is 55.7 Å². The Kier molecular flexibility index (Phi) is 12.0. The molecule has 0 unspecified atom stereocenters. The Morgan fingerprint density at radius 1 is 0.772 bits per heavy atom. The fourth-order valence-corrected chi connectivity index (χ4v) is 12.5. The van der Waals surface area contributed by atoms with Crippen LogP contribution in [0.5, 0.6) is 0 Å². The molecule has 0 saturated heterocycles. The van der Waals surface area contributed by atoms with Gasteiger partial charge < -0.3 is 15.3 Å². The SMILES string of the molecule is CN(Cc1ccc(S(=O)(=O)O)cc1S(=O)(=O)O)c1ccc2c(c1)[Si](C)(C)C1=C/C(=[N+](/C)Cc3ccc(S(=O)(=O)O)cc3S(=O)(=O)O)C=CC1=C2NCCCC(=O)O. The Balaban J connectivity index is 1.59. The zero-order valence-corrected chi connectivity index (χ0v) is 35.2. The van der Waals surface area contributed by atoms with Crippen LogP contribution in [0.2, 0.25) is 13.1 Å². The number of fused-ring (bicyclic) bond motifs is 2. The van der Waals surface area contributed by atoms with Crippen LogP contribution in [0.3, 0.4) is 0 Å². The van der Waals surface area contributed by atoms with Crippen molar-refractivity contribution in [1.82, 2.24) is 5.32 Å². The number of rotatable bonds is 14. The molecule has 6 N–H and O–H groups in total. The van der Waals surface area contributed by atoms with Crippen LogP contribution in [0.15, 0.2) is 103 Å². The van der Waals surface area contributed by atoms with Gasteiger partial charge in [0.1, 0.15) is 24.9 Å². The standard InChI is InChI=1S/C35H39N3O14S4Si/c1-37(20-22-7-11-26(53(41,42)43)18-30(22)55(47,48)49)24-9-13-28-32(16-24)57(3,4)33-17-25(10-14-29(33)35(28)36-15-5-6-34(39)40)38(2)21-23-8-12-27(54(44,45)46)19-31(23)56(50,51)52/h7-14,16-19H,5-6,15,20-21H2,1-4H3,(H5,39,40,41,42,43,44,45,46,47,48,49,50,51,52)/p+1. The van der Waals surface area contributed by atoms with Crippen LogP contribution in [0, 0.1) is 0 Å². The Morgan fingerprint density at radius 2 is 1.33 bits per heavy atom. The highest BCUT2D eigenvalue weighted by molar-refractivity contribution is 7.87. The first-order valence-electron chi connectivity index (χ1n) is 16.9. The molecule has 0 spiro atoms. The van der Waals surface area contributed by atoms with Gasteiger partial charge in [-0.15, -0.1) is 0 Å². The fraction of sp³-hybridized carbons (Fsp3) is 0.257. The number of benzene rings is 3. The zero-order valence-electron chi connectivity index (χ0n) is 30.9. The summed E-state index contributed by atoms with van der Waals surface area (Å²) in [5.41, 5.74) is 3.78.